The van der Waals surface area contributed by atoms with E-state index in [1.165, 1.54) is 12.3 Å². The quantitative estimate of drug-likeness (QED) is 0.388. The zero-order chi connectivity index (χ0) is 18.2. The Bertz CT molecular complexity index is 761. The lowest BCUT2D eigenvalue weighted by Gasteiger charge is -2.24. The summed E-state index contributed by atoms with van der Waals surface area (Å²) in [6.07, 6.45) is -0.389. The fourth-order valence-electron chi connectivity index (χ4n) is 2.01. The van der Waals surface area contributed by atoms with Gasteiger partial charge in [0.05, 0.1) is 6.61 Å². The van der Waals surface area contributed by atoms with Crippen LogP contribution >= 0.6 is 11.6 Å². The number of aliphatic hydroxyl groups excluding tert-OH is 1. The van der Waals surface area contributed by atoms with Crippen LogP contribution in [0.5, 0.6) is 5.75 Å². The fourth-order valence-corrected chi connectivity index (χ4v) is 2.14. The highest BCUT2D eigenvalue weighted by molar-refractivity contribution is 6.19. The molecule has 0 aliphatic carbocycles. The van der Waals surface area contributed by atoms with Crippen LogP contribution in [-0.2, 0) is 9.47 Å². The van der Waals surface area contributed by atoms with Crippen LogP contribution in [0.2, 0.25) is 0 Å². The van der Waals surface area contributed by atoms with Gasteiger partial charge in [-0.1, -0.05) is 29.8 Å². The van der Waals surface area contributed by atoms with Crippen LogP contribution < -0.4 is 16.0 Å². The highest BCUT2D eigenvalue weighted by Gasteiger charge is 2.22. The third kappa shape index (κ3) is 6.02. The van der Waals surface area contributed by atoms with Gasteiger partial charge >= 0.3 is 5.69 Å². The van der Waals surface area contributed by atoms with E-state index < -0.39 is 29.1 Å². The lowest BCUT2D eigenvalue weighted by Crippen LogP contribution is -2.37. The minimum Gasteiger partial charge on any atom is -0.468 e. The van der Waals surface area contributed by atoms with Gasteiger partial charge in [-0.3, -0.25) is 14.3 Å². The van der Waals surface area contributed by atoms with E-state index in [-0.39, 0.29) is 13.4 Å². The van der Waals surface area contributed by atoms with E-state index in [0.717, 1.165) is 4.57 Å². The summed E-state index contributed by atoms with van der Waals surface area (Å²) in [6.45, 7) is 1.47. The normalized spacial score (nSPS) is 14.7. The molecule has 136 valence electrons. The molecular formula is C16H19ClN2O6. The fraction of sp³-hybridized carbons (Fsp3) is 0.375. The number of nitrogens with one attached hydrogen (secondary N) is 1. The van der Waals surface area contributed by atoms with Crippen molar-refractivity contribution in [2.24, 2.45) is 0 Å². The number of aromatic amines is 1. The molecule has 0 radical (unpaired) electrons. The van der Waals surface area contributed by atoms with Gasteiger partial charge in [-0.25, -0.2) is 4.79 Å². The number of ether oxygens (including phenoxy) is 3. The first-order chi connectivity index (χ1) is 12.0. The topological polar surface area (TPSA) is 103 Å². The van der Waals surface area contributed by atoms with Crippen LogP contribution in [0.1, 0.15) is 13.2 Å². The molecule has 2 rings (SSSR count). The van der Waals surface area contributed by atoms with Crippen LogP contribution in [0, 0.1) is 0 Å². The number of benzene rings is 1. The van der Waals surface area contributed by atoms with Gasteiger partial charge in [-0.05, 0) is 19.1 Å². The van der Waals surface area contributed by atoms with Crippen LogP contribution in [0.25, 0.3) is 0 Å². The Hall–Kier alpha value is -2.13. The average molecular weight is 371 g/mol. The minimum absolute atomic E-state index is 0.0551. The molecule has 0 amide bonds. The minimum atomic E-state index is -1.35. The SMILES string of the molecule is C[C@@H](O[C@H](COCOc1ccccc1)[C@@H](O)Cl)n1ccc(=O)[nH]c1=O. The van der Waals surface area contributed by atoms with E-state index in [2.05, 4.69) is 4.98 Å². The standard InChI is InChI=1S/C16H19ClN2O6/c1-11(19-8-7-14(20)18-16(19)22)25-13(15(17)21)9-23-10-24-12-5-3-2-4-6-12/h2-8,11,13,15,21H,9-10H2,1H3,(H,18,20,22)/t11-,13-,15-/m1/s1. The average Bonchev–Trinajstić information content (AvgIpc) is 2.58. The first-order valence-electron chi connectivity index (χ1n) is 7.52. The van der Waals surface area contributed by atoms with Gasteiger partial charge in [0.1, 0.15) is 18.1 Å². The van der Waals surface area contributed by atoms with Gasteiger partial charge in [0.2, 0.25) is 0 Å². The summed E-state index contributed by atoms with van der Waals surface area (Å²) in [5.41, 5.74) is -2.49. The number of para-hydroxylation sites is 1. The Morgan fingerprint density at radius 3 is 2.60 bits per heavy atom. The second kappa shape index (κ2) is 9.38. The maximum absolute atomic E-state index is 11.7. The van der Waals surface area contributed by atoms with Crippen molar-refractivity contribution < 1.29 is 19.3 Å². The number of H-pyrrole nitrogens is 1. The van der Waals surface area contributed by atoms with Crippen molar-refractivity contribution in [1.29, 1.82) is 0 Å². The number of halogens is 1. The predicted octanol–water partition coefficient (Wildman–Crippen LogP) is 1.05. The maximum atomic E-state index is 11.7. The maximum Gasteiger partial charge on any atom is 0.330 e. The van der Waals surface area contributed by atoms with E-state index in [9.17, 15) is 14.7 Å². The summed E-state index contributed by atoms with van der Waals surface area (Å²) >= 11 is 5.70. The van der Waals surface area contributed by atoms with E-state index in [0.29, 0.717) is 5.75 Å². The summed E-state index contributed by atoms with van der Waals surface area (Å²) in [5.74, 6) is 0.638. The molecule has 25 heavy (non-hydrogen) atoms. The third-order valence-electron chi connectivity index (χ3n) is 3.26. The smallest absolute Gasteiger partial charge is 0.330 e. The molecule has 0 spiro atoms. The molecular weight excluding hydrogens is 352 g/mol. The largest absolute Gasteiger partial charge is 0.468 e. The van der Waals surface area contributed by atoms with Crippen LogP contribution in [0.15, 0.2) is 52.2 Å². The highest BCUT2D eigenvalue weighted by atomic mass is 35.5. The summed E-state index contributed by atoms with van der Waals surface area (Å²) in [7, 11) is 0. The van der Waals surface area contributed by atoms with Crippen molar-refractivity contribution in [3.8, 4) is 5.75 Å². The molecule has 2 N–H and O–H groups in total. The van der Waals surface area contributed by atoms with Crippen LogP contribution in [0.4, 0.5) is 0 Å². The molecule has 8 nitrogen and oxygen atoms in total. The molecule has 9 heteroatoms. The Labute approximate surface area is 148 Å². The Balaban J connectivity index is 1.87. The van der Waals surface area contributed by atoms with Crippen LogP contribution in [-0.4, -0.2) is 39.7 Å². The van der Waals surface area contributed by atoms with Crippen molar-refractivity contribution in [3.05, 3.63) is 63.4 Å². The van der Waals surface area contributed by atoms with Gasteiger partial charge in [-0.15, -0.1) is 0 Å². The van der Waals surface area contributed by atoms with Gasteiger partial charge in [0.15, 0.2) is 12.4 Å². The summed E-state index contributed by atoms with van der Waals surface area (Å²) < 4.78 is 17.4. The number of hydrogen-bond donors (Lipinski definition) is 2. The van der Waals surface area contributed by atoms with Gasteiger partial charge in [0, 0.05) is 12.3 Å². The Morgan fingerprint density at radius 1 is 1.24 bits per heavy atom. The molecule has 0 aliphatic heterocycles. The summed E-state index contributed by atoms with van der Waals surface area (Å²) in [6, 6.07) is 10.3. The second-order valence-corrected chi connectivity index (χ2v) is 5.56. The molecule has 3 atom stereocenters. The molecule has 0 saturated carbocycles. The van der Waals surface area contributed by atoms with E-state index >= 15 is 0 Å². The van der Waals surface area contributed by atoms with Gasteiger partial charge in [-0.2, -0.15) is 0 Å². The Kier molecular flexibility index (Phi) is 7.20. The van der Waals surface area contributed by atoms with Crippen molar-refractivity contribution in [2.45, 2.75) is 24.8 Å². The zero-order valence-electron chi connectivity index (χ0n) is 13.5. The number of aromatic nitrogens is 2. The summed E-state index contributed by atoms with van der Waals surface area (Å²) in [5, 5.41) is 9.61. The Morgan fingerprint density at radius 2 is 1.96 bits per heavy atom. The van der Waals surface area contributed by atoms with Crippen LogP contribution in [0.3, 0.4) is 0 Å². The van der Waals surface area contributed by atoms with Crippen molar-refractivity contribution in [2.75, 3.05) is 13.4 Å². The molecule has 0 unspecified atom stereocenters. The molecule has 2 aromatic rings. The second-order valence-electron chi connectivity index (χ2n) is 5.11. The number of hydrogen-bond acceptors (Lipinski definition) is 6. The monoisotopic (exact) mass is 370 g/mol. The van der Waals surface area contributed by atoms with Crippen molar-refractivity contribution in [3.63, 3.8) is 0 Å². The molecule has 0 fully saturated rings. The molecule has 1 heterocycles. The van der Waals surface area contributed by atoms with E-state index in [1.54, 1.807) is 19.1 Å². The lowest BCUT2D eigenvalue weighted by atomic mass is 10.3. The van der Waals surface area contributed by atoms with E-state index in [4.69, 9.17) is 25.8 Å². The van der Waals surface area contributed by atoms with Crippen molar-refractivity contribution in [1.82, 2.24) is 9.55 Å². The van der Waals surface area contributed by atoms with Gasteiger partial charge in [0.25, 0.3) is 5.56 Å². The molecule has 1 aromatic heterocycles. The number of nitrogens with zero attached hydrogens (tertiary/aromatic N) is 1. The van der Waals surface area contributed by atoms with Crippen molar-refractivity contribution >= 4 is 11.6 Å². The first-order valence-corrected chi connectivity index (χ1v) is 7.95. The number of rotatable bonds is 9. The zero-order valence-corrected chi connectivity index (χ0v) is 14.3. The van der Waals surface area contributed by atoms with Gasteiger partial charge < -0.3 is 19.3 Å². The predicted molar refractivity (Wildman–Crippen MR) is 90.7 cm³/mol. The van der Waals surface area contributed by atoms with E-state index in [1.807, 2.05) is 18.2 Å². The number of alkyl halides is 1. The summed E-state index contributed by atoms with van der Waals surface area (Å²) in [4.78, 5) is 24.9. The molecule has 1 aromatic carbocycles. The highest BCUT2D eigenvalue weighted by Crippen LogP contribution is 2.14. The molecule has 0 saturated heterocycles. The molecule has 0 aliphatic rings. The first kappa shape index (κ1) is 19.2. The lowest BCUT2D eigenvalue weighted by molar-refractivity contribution is -0.123. The third-order valence-corrected chi connectivity index (χ3v) is 3.54. The molecule has 0 bridgehead atoms. The number of aliphatic hydroxyl groups is 1.